The summed E-state index contributed by atoms with van der Waals surface area (Å²) in [7, 11) is 0. The first-order valence-corrected chi connectivity index (χ1v) is 5.87. The molecule has 0 saturated heterocycles. The van der Waals surface area contributed by atoms with E-state index in [1.54, 1.807) is 23.9 Å². The summed E-state index contributed by atoms with van der Waals surface area (Å²) in [5.74, 6) is -0.282. The van der Waals surface area contributed by atoms with Crippen molar-refractivity contribution in [1.29, 1.82) is 0 Å². The maximum absolute atomic E-state index is 13.1. The maximum atomic E-state index is 13.1. The molecule has 1 aliphatic carbocycles. The monoisotopic (exact) mass is 223 g/mol. The number of benzene rings is 1. The summed E-state index contributed by atoms with van der Waals surface area (Å²) in [4.78, 5) is 15.1. The van der Waals surface area contributed by atoms with Crippen LogP contribution in [0.5, 0.6) is 0 Å². The van der Waals surface area contributed by atoms with Gasteiger partial charge in [0.1, 0.15) is 5.82 Å². The van der Waals surface area contributed by atoms with Crippen LogP contribution in [0.15, 0.2) is 28.1 Å². The molecule has 78 valence electrons. The number of aliphatic imine (C=N–C) groups is 1. The molecule has 4 heteroatoms. The molecule has 0 aromatic heterocycles. The highest BCUT2D eigenvalue weighted by atomic mass is 32.2. The van der Waals surface area contributed by atoms with Crippen molar-refractivity contribution < 1.29 is 9.18 Å². The van der Waals surface area contributed by atoms with Crippen LogP contribution < -0.4 is 0 Å². The molecule has 1 aromatic carbocycles. The lowest BCUT2D eigenvalue weighted by Crippen LogP contribution is -2.04. The second kappa shape index (κ2) is 3.80. The van der Waals surface area contributed by atoms with Gasteiger partial charge in [-0.15, -0.1) is 11.8 Å². The molecule has 0 atom stereocenters. The number of rotatable bonds is 3. The van der Waals surface area contributed by atoms with Gasteiger partial charge in [0.15, 0.2) is 0 Å². The summed E-state index contributed by atoms with van der Waals surface area (Å²) in [6.07, 6.45) is 5.12. The number of nitrogens with zero attached hydrogens (tertiary/aromatic N) is 1. The lowest BCUT2D eigenvalue weighted by atomic mass is 10.1. The van der Waals surface area contributed by atoms with Crippen molar-refractivity contribution >= 4 is 17.8 Å². The first-order valence-electron chi connectivity index (χ1n) is 4.65. The van der Waals surface area contributed by atoms with Crippen molar-refractivity contribution in [2.24, 2.45) is 4.99 Å². The van der Waals surface area contributed by atoms with Crippen LogP contribution in [-0.4, -0.2) is 12.3 Å². The highest BCUT2D eigenvalue weighted by molar-refractivity contribution is 7.98. The van der Waals surface area contributed by atoms with Crippen LogP contribution >= 0.6 is 11.8 Å². The van der Waals surface area contributed by atoms with Crippen LogP contribution in [0.1, 0.15) is 18.4 Å². The van der Waals surface area contributed by atoms with Gasteiger partial charge in [-0.3, -0.25) is 0 Å². The molecule has 2 rings (SSSR count). The highest BCUT2D eigenvalue weighted by Gasteiger charge is 2.46. The van der Waals surface area contributed by atoms with Gasteiger partial charge < -0.3 is 0 Å². The Labute approximate surface area is 91.6 Å². The summed E-state index contributed by atoms with van der Waals surface area (Å²) in [5.41, 5.74) is 0.334. The van der Waals surface area contributed by atoms with Crippen LogP contribution in [0.25, 0.3) is 0 Å². The molecule has 0 spiro atoms. The fourth-order valence-electron chi connectivity index (χ4n) is 1.69. The molecule has 1 saturated carbocycles. The first-order chi connectivity index (χ1) is 7.22. The second-order valence-corrected chi connectivity index (χ2v) is 4.43. The molecular weight excluding hydrogens is 213 g/mol. The Hall–Kier alpha value is -1.12. The second-order valence-electron chi connectivity index (χ2n) is 3.58. The Morgan fingerprint density at radius 2 is 2.27 bits per heavy atom. The third-order valence-electron chi connectivity index (χ3n) is 2.65. The smallest absolute Gasteiger partial charge is 0.211 e. The minimum Gasteiger partial charge on any atom is -0.211 e. The zero-order chi connectivity index (χ0) is 10.9. The van der Waals surface area contributed by atoms with Crippen molar-refractivity contribution in [3.63, 3.8) is 0 Å². The average molecular weight is 223 g/mol. The molecule has 0 bridgehead atoms. The number of isocyanates is 1. The molecule has 1 fully saturated rings. The molecule has 1 aliphatic rings. The Morgan fingerprint density at radius 3 is 2.80 bits per heavy atom. The Morgan fingerprint density at radius 1 is 1.53 bits per heavy atom. The number of carbonyl (C=O) groups excluding carboxylic acids is 1. The normalized spacial score (nSPS) is 16.9. The third kappa shape index (κ3) is 1.83. The highest BCUT2D eigenvalue weighted by Crippen LogP contribution is 2.51. The Kier molecular flexibility index (Phi) is 2.63. The molecule has 0 heterocycles. The van der Waals surface area contributed by atoms with E-state index in [0.717, 1.165) is 23.3 Å². The van der Waals surface area contributed by atoms with Gasteiger partial charge in [0, 0.05) is 4.90 Å². The predicted molar refractivity (Wildman–Crippen MR) is 57.2 cm³/mol. The van der Waals surface area contributed by atoms with Crippen molar-refractivity contribution in [2.75, 3.05) is 6.26 Å². The van der Waals surface area contributed by atoms with E-state index in [1.807, 2.05) is 6.26 Å². The van der Waals surface area contributed by atoms with E-state index in [4.69, 9.17) is 0 Å². The maximum Gasteiger partial charge on any atom is 0.235 e. The number of hydrogen-bond donors (Lipinski definition) is 0. The summed E-state index contributed by atoms with van der Waals surface area (Å²) in [5, 5.41) is 0. The Balaban J connectivity index is 2.50. The average Bonchev–Trinajstić information content (AvgIpc) is 2.99. The largest absolute Gasteiger partial charge is 0.235 e. The van der Waals surface area contributed by atoms with Gasteiger partial charge in [0.05, 0.1) is 5.54 Å². The van der Waals surface area contributed by atoms with Gasteiger partial charge >= 0.3 is 0 Å². The first kappa shape index (κ1) is 10.4. The van der Waals surface area contributed by atoms with Gasteiger partial charge in [-0.1, -0.05) is 0 Å². The topological polar surface area (TPSA) is 29.4 Å². The van der Waals surface area contributed by atoms with Gasteiger partial charge in [-0.2, -0.15) is 4.99 Å². The summed E-state index contributed by atoms with van der Waals surface area (Å²) >= 11 is 1.54. The molecule has 0 unspecified atom stereocenters. The quantitative estimate of drug-likeness (QED) is 0.448. The van der Waals surface area contributed by atoms with E-state index < -0.39 is 5.54 Å². The number of halogens is 1. The van der Waals surface area contributed by atoms with E-state index in [-0.39, 0.29) is 5.82 Å². The molecule has 0 radical (unpaired) electrons. The molecule has 15 heavy (non-hydrogen) atoms. The predicted octanol–water partition coefficient (Wildman–Crippen LogP) is 2.87. The standard InChI is InChI=1S/C11H10FNOS/c1-15-10-3-2-8(12)6-9(10)11(4-5-11)13-7-14/h2-3,6H,4-5H2,1H3. The van der Waals surface area contributed by atoms with E-state index in [1.165, 1.54) is 12.1 Å². The lowest BCUT2D eigenvalue weighted by molar-refractivity contribution is 0.554. The zero-order valence-electron chi connectivity index (χ0n) is 8.29. The SMILES string of the molecule is CSc1ccc(F)cc1C1(N=C=O)CC1. The van der Waals surface area contributed by atoms with Crippen LogP contribution in [0.3, 0.4) is 0 Å². The van der Waals surface area contributed by atoms with Crippen LogP contribution in [0.2, 0.25) is 0 Å². The summed E-state index contributed by atoms with van der Waals surface area (Å²) in [6.45, 7) is 0. The molecule has 2 nitrogen and oxygen atoms in total. The zero-order valence-corrected chi connectivity index (χ0v) is 9.10. The summed E-state index contributed by atoms with van der Waals surface area (Å²) in [6, 6.07) is 4.63. The van der Waals surface area contributed by atoms with Crippen molar-refractivity contribution in [2.45, 2.75) is 23.3 Å². The minimum absolute atomic E-state index is 0.282. The van der Waals surface area contributed by atoms with Crippen LogP contribution in [0.4, 0.5) is 4.39 Å². The van der Waals surface area contributed by atoms with E-state index in [2.05, 4.69) is 4.99 Å². The number of hydrogen-bond acceptors (Lipinski definition) is 3. The molecule has 0 amide bonds. The third-order valence-corrected chi connectivity index (χ3v) is 3.44. The van der Waals surface area contributed by atoms with Gasteiger partial charge in [0.2, 0.25) is 6.08 Å². The fraction of sp³-hybridized carbons (Fsp3) is 0.364. The van der Waals surface area contributed by atoms with Gasteiger partial charge in [0.25, 0.3) is 0 Å². The van der Waals surface area contributed by atoms with E-state index in [0.29, 0.717) is 0 Å². The number of thioether (sulfide) groups is 1. The van der Waals surface area contributed by atoms with Crippen molar-refractivity contribution in [3.8, 4) is 0 Å². The summed E-state index contributed by atoms with van der Waals surface area (Å²) < 4.78 is 13.1. The van der Waals surface area contributed by atoms with Gasteiger partial charge in [-0.25, -0.2) is 9.18 Å². The molecule has 0 N–H and O–H groups in total. The molecule has 0 aliphatic heterocycles. The molecular formula is C11H10FNOS. The van der Waals surface area contributed by atoms with Gasteiger partial charge in [-0.05, 0) is 42.9 Å². The van der Waals surface area contributed by atoms with E-state index >= 15 is 0 Å². The lowest BCUT2D eigenvalue weighted by Gasteiger charge is -2.12. The van der Waals surface area contributed by atoms with E-state index in [9.17, 15) is 9.18 Å². The van der Waals surface area contributed by atoms with Crippen LogP contribution in [-0.2, 0) is 10.3 Å². The van der Waals surface area contributed by atoms with Crippen LogP contribution in [0, 0.1) is 5.82 Å². The van der Waals surface area contributed by atoms with Crippen molar-refractivity contribution in [1.82, 2.24) is 0 Å². The molecule has 1 aromatic rings. The Bertz CT molecular complexity index is 436. The fourth-order valence-corrected chi connectivity index (χ4v) is 2.36. The van der Waals surface area contributed by atoms with Crippen molar-refractivity contribution in [3.05, 3.63) is 29.6 Å². The minimum atomic E-state index is -0.484.